The summed E-state index contributed by atoms with van der Waals surface area (Å²) in [7, 11) is -0.460. The fraction of sp³-hybridized carbons (Fsp3) is 0.368. The summed E-state index contributed by atoms with van der Waals surface area (Å²) in [6, 6.07) is 12.4. The molecule has 25 heavy (non-hydrogen) atoms. The van der Waals surface area contributed by atoms with Crippen LogP contribution in [0.3, 0.4) is 0 Å². The molecule has 0 aliphatic rings. The Morgan fingerprint density at radius 3 is 2.20 bits per heavy atom. The van der Waals surface area contributed by atoms with Gasteiger partial charge in [0.05, 0.1) is 19.1 Å². The van der Waals surface area contributed by atoms with Gasteiger partial charge in [0.15, 0.2) is 11.5 Å². The fourth-order valence-electron chi connectivity index (χ4n) is 2.46. The molecule has 0 fully saturated rings. The molecular weight excluding hydrogens is 338 g/mol. The van der Waals surface area contributed by atoms with Crippen molar-refractivity contribution in [3.8, 4) is 11.5 Å². The van der Waals surface area contributed by atoms with Gasteiger partial charge >= 0.3 is 0 Å². The Balaban J connectivity index is 2.11. The van der Waals surface area contributed by atoms with Gasteiger partial charge in [0.25, 0.3) is 0 Å². The summed E-state index contributed by atoms with van der Waals surface area (Å²) in [4.78, 5) is 0.264. The van der Waals surface area contributed by atoms with E-state index in [-0.39, 0.29) is 11.4 Å². The highest BCUT2D eigenvalue weighted by Crippen LogP contribution is 2.27. The molecule has 1 unspecified atom stereocenters. The van der Waals surface area contributed by atoms with Crippen LogP contribution in [-0.4, -0.2) is 22.6 Å². The molecule has 136 valence electrons. The lowest BCUT2D eigenvalue weighted by molar-refractivity contribution is 0.354. The molecule has 0 bridgehead atoms. The Morgan fingerprint density at radius 2 is 1.64 bits per heavy atom. The fourth-order valence-corrected chi connectivity index (χ4v) is 3.48. The van der Waals surface area contributed by atoms with Gasteiger partial charge in [0, 0.05) is 6.54 Å². The average molecular weight is 363 g/mol. The number of hydrogen-bond donors (Lipinski definition) is 1. The van der Waals surface area contributed by atoms with Crippen molar-refractivity contribution in [3.05, 3.63) is 53.6 Å². The Hall–Kier alpha value is -2.05. The summed E-state index contributed by atoms with van der Waals surface area (Å²) in [6.07, 6.45) is 1.02. The molecule has 2 aromatic rings. The molecular formula is C19H25NO4S. The van der Waals surface area contributed by atoms with Crippen molar-refractivity contribution in [3.63, 3.8) is 0 Å². The third kappa shape index (κ3) is 4.74. The second kappa shape index (κ2) is 8.36. The Bertz CT molecular complexity index is 801. The van der Waals surface area contributed by atoms with Crippen molar-refractivity contribution in [2.24, 2.45) is 0 Å². The second-order valence-corrected chi connectivity index (χ2v) is 7.66. The minimum Gasteiger partial charge on any atom is -0.493 e. The SMILES string of the molecule is CCC(C)c1ccc(S(=O)(=O)NCc2ccc(OC)c(OC)c2)cc1. The van der Waals surface area contributed by atoms with Crippen LogP contribution in [0.15, 0.2) is 47.4 Å². The van der Waals surface area contributed by atoms with Crippen LogP contribution in [0, 0.1) is 0 Å². The molecule has 5 nitrogen and oxygen atoms in total. The third-order valence-electron chi connectivity index (χ3n) is 4.29. The maximum Gasteiger partial charge on any atom is 0.240 e. The largest absolute Gasteiger partial charge is 0.493 e. The molecule has 0 saturated heterocycles. The van der Waals surface area contributed by atoms with Crippen LogP contribution in [0.25, 0.3) is 0 Å². The number of sulfonamides is 1. The van der Waals surface area contributed by atoms with Gasteiger partial charge in [-0.15, -0.1) is 0 Å². The Kier molecular flexibility index (Phi) is 6.45. The highest BCUT2D eigenvalue weighted by molar-refractivity contribution is 7.89. The molecule has 0 spiro atoms. The smallest absolute Gasteiger partial charge is 0.240 e. The first-order valence-corrected chi connectivity index (χ1v) is 9.70. The van der Waals surface area contributed by atoms with Crippen LogP contribution in [0.2, 0.25) is 0 Å². The summed E-state index contributed by atoms with van der Waals surface area (Å²) >= 11 is 0. The van der Waals surface area contributed by atoms with E-state index in [4.69, 9.17) is 9.47 Å². The monoisotopic (exact) mass is 363 g/mol. The maximum atomic E-state index is 12.5. The van der Waals surface area contributed by atoms with Gasteiger partial charge in [-0.1, -0.05) is 32.0 Å². The lowest BCUT2D eigenvalue weighted by atomic mass is 9.99. The Morgan fingerprint density at radius 1 is 1.00 bits per heavy atom. The second-order valence-electron chi connectivity index (χ2n) is 5.89. The molecule has 0 heterocycles. The van der Waals surface area contributed by atoms with E-state index < -0.39 is 10.0 Å². The average Bonchev–Trinajstić information content (AvgIpc) is 2.65. The highest BCUT2D eigenvalue weighted by atomic mass is 32.2. The number of methoxy groups -OCH3 is 2. The van der Waals surface area contributed by atoms with Crippen molar-refractivity contribution >= 4 is 10.0 Å². The van der Waals surface area contributed by atoms with Crippen LogP contribution in [-0.2, 0) is 16.6 Å². The minimum atomic E-state index is -3.56. The van der Waals surface area contributed by atoms with Gasteiger partial charge < -0.3 is 9.47 Å². The molecule has 0 radical (unpaired) electrons. The molecule has 0 saturated carbocycles. The van der Waals surface area contributed by atoms with Crippen molar-refractivity contribution in [1.29, 1.82) is 0 Å². The van der Waals surface area contributed by atoms with Gasteiger partial charge in [-0.3, -0.25) is 0 Å². The third-order valence-corrected chi connectivity index (χ3v) is 5.70. The number of nitrogens with one attached hydrogen (secondary N) is 1. The van der Waals surface area contributed by atoms with Crippen LogP contribution in [0.5, 0.6) is 11.5 Å². The molecule has 2 rings (SSSR count). The van der Waals surface area contributed by atoms with Crippen LogP contribution < -0.4 is 14.2 Å². The molecule has 0 aliphatic heterocycles. The van der Waals surface area contributed by atoms with Crippen molar-refractivity contribution in [2.75, 3.05) is 14.2 Å². The van der Waals surface area contributed by atoms with Gasteiger partial charge in [-0.2, -0.15) is 0 Å². The maximum absolute atomic E-state index is 12.5. The number of rotatable bonds is 8. The van der Waals surface area contributed by atoms with Gasteiger partial charge in [-0.25, -0.2) is 13.1 Å². The molecule has 1 atom stereocenters. The van der Waals surface area contributed by atoms with Gasteiger partial charge in [0.2, 0.25) is 10.0 Å². The number of hydrogen-bond acceptors (Lipinski definition) is 4. The number of benzene rings is 2. The summed E-state index contributed by atoms with van der Waals surface area (Å²) in [5.74, 6) is 1.59. The highest BCUT2D eigenvalue weighted by Gasteiger charge is 2.15. The Labute approximate surface area is 150 Å². The first kappa shape index (κ1) is 19.3. The van der Waals surface area contributed by atoms with Gasteiger partial charge in [-0.05, 0) is 47.7 Å². The molecule has 0 aliphatic carbocycles. The lowest BCUT2D eigenvalue weighted by Gasteiger charge is -2.12. The van der Waals surface area contributed by atoms with Crippen molar-refractivity contribution in [2.45, 2.75) is 37.6 Å². The molecule has 0 amide bonds. The van der Waals surface area contributed by atoms with Crippen LogP contribution in [0.1, 0.15) is 37.3 Å². The minimum absolute atomic E-state index is 0.176. The summed E-state index contributed by atoms with van der Waals surface area (Å²) in [6.45, 7) is 4.41. The van der Waals surface area contributed by atoms with E-state index in [9.17, 15) is 8.42 Å². The predicted molar refractivity (Wildman–Crippen MR) is 98.7 cm³/mol. The zero-order valence-corrected chi connectivity index (χ0v) is 15.9. The summed E-state index contributed by atoms with van der Waals surface area (Å²) in [5, 5.41) is 0. The van der Waals surface area contributed by atoms with E-state index in [0.717, 1.165) is 17.5 Å². The molecule has 6 heteroatoms. The van der Waals surface area contributed by atoms with Crippen molar-refractivity contribution < 1.29 is 17.9 Å². The molecule has 0 aromatic heterocycles. The van der Waals surface area contributed by atoms with E-state index in [1.54, 1.807) is 44.6 Å². The zero-order chi connectivity index (χ0) is 18.4. The topological polar surface area (TPSA) is 64.6 Å². The van der Waals surface area contributed by atoms with E-state index >= 15 is 0 Å². The van der Waals surface area contributed by atoms with E-state index in [1.807, 2.05) is 12.1 Å². The van der Waals surface area contributed by atoms with Gasteiger partial charge in [0.1, 0.15) is 0 Å². The van der Waals surface area contributed by atoms with E-state index in [2.05, 4.69) is 18.6 Å². The van der Waals surface area contributed by atoms with Crippen LogP contribution in [0.4, 0.5) is 0 Å². The standard InChI is InChI=1S/C19H25NO4S/c1-5-14(2)16-7-9-17(10-8-16)25(21,22)20-13-15-6-11-18(23-3)19(12-15)24-4/h6-12,14,20H,5,13H2,1-4H3. The lowest BCUT2D eigenvalue weighted by Crippen LogP contribution is -2.23. The first-order valence-electron chi connectivity index (χ1n) is 8.21. The molecule has 1 N–H and O–H groups in total. The quantitative estimate of drug-likeness (QED) is 0.777. The summed E-state index contributed by atoms with van der Waals surface area (Å²) < 4.78 is 38.0. The molecule has 2 aromatic carbocycles. The van der Waals surface area contributed by atoms with Crippen molar-refractivity contribution in [1.82, 2.24) is 4.72 Å². The van der Waals surface area contributed by atoms with E-state index in [0.29, 0.717) is 17.4 Å². The zero-order valence-electron chi connectivity index (χ0n) is 15.1. The first-order chi connectivity index (χ1) is 11.9. The van der Waals surface area contributed by atoms with E-state index in [1.165, 1.54) is 0 Å². The predicted octanol–water partition coefficient (Wildman–Crippen LogP) is 3.70. The normalized spacial score (nSPS) is 12.6. The number of ether oxygens (including phenoxy) is 2. The van der Waals surface area contributed by atoms with Crippen LogP contribution >= 0.6 is 0 Å². The summed E-state index contributed by atoms with van der Waals surface area (Å²) in [5.41, 5.74) is 1.93.